The predicted molar refractivity (Wildman–Crippen MR) is 89.0 cm³/mol. The number of hydrogen-bond acceptors (Lipinski definition) is 6. The molecule has 2 heterocycles. The number of aromatic nitrogens is 3. The highest BCUT2D eigenvalue weighted by Gasteiger charge is 2.19. The molecule has 1 N–H and O–H groups in total. The second kappa shape index (κ2) is 7.22. The van der Waals surface area contributed by atoms with Gasteiger partial charge in [-0.2, -0.15) is 0 Å². The first-order valence-electron chi connectivity index (χ1n) is 7.20. The number of methoxy groups -OCH3 is 1. The maximum Gasteiger partial charge on any atom is 0.325 e. The Hall–Kier alpha value is -3.07. The Morgan fingerprint density at radius 3 is 2.68 bits per heavy atom. The number of thiophene rings is 1. The summed E-state index contributed by atoms with van der Waals surface area (Å²) >= 11 is 1.43. The van der Waals surface area contributed by atoms with Crippen molar-refractivity contribution >= 4 is 23.2 Å². The third kappa shape index (κ3) is 3.72. The van der Waals surface area contributed by atoms with Crippen molar-refractivity contribution in [2.45, 2.75) is 0 Å². The van der Waals surface area contributed by atoms with Crippen molar-refractivity contribution < 1.29 is 18.7 Å². The maximum atomic E-state index is 13.2. The van der Waals surface area contributed by atoms with Gasteiger partial charge >= 0.3 is 5.97 Å². The normalized spacial score (nSPS) is 10.5. The van der Waals surface area contributed by atoms with Crippen LogP contribution in [0.1, 0.15) is 10.6 Å². The molecule has 0 fully saturated rings. The van der Waals surface area contributed by atoms with Crippen LogP contribution in [-0.4, -0.2) is 40.3 Å². The average Bonchev–Trinajstić information content (AvgIpc) is 3.29. The molecule has 0 aliphatic carbocycles. The summed E-state index contributed by atoms with van der Waals surface area (Å²) in [5.41, 5.74) is 0.560. The lowest BCUT2D eigenvalue weighted by Crippen LogP contribution is -2.30. The number of rotatable bonds is 5. The molecule has 7 nitrogen and oxygen atoms in total. The van der Waals surface area contributed by atoms with Gasteiger partial charge in [-0.05, 0) is 35.7 Å². The minimum atomic E-state index is -0.607. The Kier molecular flexibility index (Phi) is 4.85. The van der Waals surface area contributed by atoms with Crippen molar-refractivity contribution in [3.8, 4) is 16.4 Å². The molecule has 0 bridgehead atoms. The highest BCUT2D eigenvalue weighted by molar-refractivity contribution is 7.13. The fourth-order valence-electron chi connectivity index (χ4n) is 2.04. The summed E-state index contributed by atoms with van der Waals surface area (Å²) in [5.74, 6) is -1.21. The van der Waals surface area contributed by atoms with E-state index in [2.05, 4.69) is 20.1 Å². The quantitative estimate of drug-likeness (QED) is 0.704. The molecule has 9 heteroatoms. The minimum absolute atomic E-state index is 0.100. The smallest absolute Gasteiger partial charge is 0.325 e. The molecule has 0 aliphatic heterocycles. The van der Waals surface area contributed by atoms with Crippen LogP contribution in [0.3, 0.4) is 0 Å². The predicted octanol–water partition coefficient (Wildman–Crippen LogP) is 2.04. The lowest BCUT2D eigenvalue weighted by Gasteiger charge is -2.04. The fourth-order valence-corrected chi connectivity index (χ4v) is 2.74. The summed E-state index contributed by atoms with van der Waals surface area (Å²) in [5, 5.41) is 8.45. The molecule has 25 heavy (non-hydrogen) atoms. The molecule has 128 valence electrons. The van der Waals surface area contributed by atoms with Gasteiger partial charge in [0.2, 0.25) is 5.82 Å². The number of benzene rings is 1. The molecule has 0 aliphatic rings. The second-order valence-corrected chi connectivity index (χ2v) is 5.83. The standard InChI is InChI=1S/C16H13FN4O3S/c1-24-13(22)9-18-16(23)14-19-15(12-3-2-8-25-12)21(20-14)11-6-4-10(17)5-7-11/h2-8H,9H2,1H3,(H,18,23). The number of nitrogens with zero attached hydrogens (tertiary/aromatic N) is 3. The molecule has 3 rings (SSSR count). The molecule has 0 saturated heterocycles. The van der Waals surface area contributed by atoms with Crippen molar-refractivity contribution in [3.05, 3.63) is 53.4 Å². The highest BCUT2D eigenvalue weighted by atomic mass is 32.1. The van der Waals surface area contributed by atoms with E-state index in [1.807, 2.05) is 17.5 Å². The van der Waals surface area contributed by atoms with Gasteiger partial charge in [-0.3, -0.25) is 9.59 Å². The second-order valence-electron chi connectivity index (χ2n) is 4.88. The third-order valence-corrected chi connectivity index (χ3v) is 4.11. The van der Waals surface area contributed by atoms with E-state index in [1.54, 1.807) is 0 Å². The van der Waals surface area contributed by atoms with E-state index in [9.17, 15) is 14.0 Å². The fraction of sp³-hybridized carbons (Fsp3) is 0.125. The molecule has 2 aromatic heterocycles. The number of carbonyl (C=O) groups excluding carboxylic acids is 2. The molecule has 1 aromatic carbocycles. The van der Waals surface area contributed by atoms with Crippen LogP contribution in [0, 0.1) is 5.82 Å². The van der Waals surface area contributed by atoms with Crippen molar-refractivity contribution in [2.24, 2.45) is 0 Å². The SMILES string of the molecule is COC(=O)CNC(=O)c1nc(-c2cccs2)n(-c2ccc(F)cc2)n1. The number of esters is 1. The zero-order valence-corrected chi connectivity index (χ0v) is 13.9. The number of nitrogens with one attached hydrogen (secondary N) is 1. The Bertz CT molecular complexity index is 891. The van der Waals surface area contributed by atoms with Gasteiger partial charge in [-0.1, -0.05) is 6.07 Å². The van der Waals surface area contributed by atoms with Crippen molar-refractivity contribution in [2.75, 3.05) is 13.7 Å². The van der Waals surface area contributed by atoms with Crippen LogP contribution in [-0.2, 0) is 9.53 Å². The first-order chi connectivity index (χ1) is 12.1. The van der Waals surface area contributed by atoms with Crippen molar-refractivity contribution in [1.82, 2.24) is 20.1 Å². The van der Waals surface area contributed by atoms with Crippen LogP contribution in [0.15, 0.2) is 41.8 Å². The highest BCUT2D eigenvalue weighted by Crippen LogP contribution is 2.25. The first-order valence-corrected chi connectivity index (χ1v) is 8.08. The van der Waals surface area contributed by atoms with Crippen molar-refractivity contribution in [3.63, 3.8) is 0 Å². The summed E-state index contributed by atoms with van der Waals surface area (Å²) in [6.45, 7) is -0.283. The first kappa shape index (κ1) is 16.8. The van der Waals surface area contributed by atoms with Gasteiger partial charge in [0.25, 0.3) is 5.91 Å². The molecule has 0 radical (unpaired) electrons. The summed E-state index contributed by atoms with van der Waals surface area (Å²) in [7, 11) is 1.23. The Balaban J connectivity index is 1.96. The van der Waals surface area contributed by atoms with Gasteiger partial charge in [0.1, 0.15) is 12.4 Å². The molecule has 0 atom stereocenters. The largest absolute Gasteiger partial charge is 0.468 e. The van der Waals surface area contributed by atoms with Crippen LogP contribution in [0.2, 0.25) is 0 Å². The van der Waals surface area contributed by atoms with E-state index in [0.29, 0.717) is 11.5 Å². The minimum Gasteiger partial charge on any atom is -0.468 e. The molecule has 0 unspecified atom stereocenters. The lowest BCUT2D eigenvalue weighted by atomic mass is 10.3. The molecular formula is C16H13FN4O3S. The zero-order chi connectivity index (χ0) is 17.8. The van der Waals surface area contributed by atoms with Gasteiger partial charge in [0.05, 0.1) is 17.7 Å². The molecule has 0 spiro atoms. The Morgan fingerprint density at radius 2 is 2.04 bits per heavy atom. The average molecular weight is 360 g/mol. The van der Waals surface area contributed by atoms with Gasteiger partial charge in [-0.25, -0.2) is 14.1 Å². The van der Waals surface area contributed by atoms with Crippen LogP contribution in [0.25, 0.3) is 16.4 Å². The lowest BCUT2D eigenvalue weighted by molar-refractivity contribution is -0.139. The number of ether oxygens (including phenoxy) is 1. The van der Waals surface area contributed by atoms with E-state index >= 15 is 0 Å². The number of carbonyl (C=O) groups is 2. The summed E-state index contributed by atoms with van der Waals surface area (Å²) in [6.07, 6.45) is 0. The van der Waals surface area contributed by atoms with Crippen LogP contribution < -0.4 is 5.32 Å². The number of amides is 1. The monoisotopic (exact) mass is 360 g/mol. The Morgan fingerprint density at radius 1 is 1.28 bits per heavy atom. The van der Waals surface area contributed by atoms with E-state index in [4.69, 9.17) is 0 Å². The number of hydrogen-bond donors (Lipinski definition) is 1. The topological polar surface area (TPSA) is 86.1 Å². The van der Waals surface area contributed by atoms with Gasteiger partial charge < -0.3 is 10.1 Å². The van der Waals surface area contributed by atoms with Gasteiger partial charge in [0, 0.05) is 0 Å². The van der Waals surface area contributed by atoms with E-state index in [-0.39, 0.29) is 18.2 Å². The van der Waals surface area contributed by atoms with Crippen molar-refractivity contribution in [1.29, 1.82) is 0 Å². The van der Waals surface area contributed by atoms with E-state index in [0.717, 1.165) is 4.88 Å². The summed E-state index contributed by atoms with van der Waals surface area (Å²) in [4.78, 5) is 28.4. The zero-order valence-electron chi connectivity index (χ0n) is 13.1. The summed E-state index contributed by atoms with van der Waals surface area (Å²) in [6, 6.07) is 9.36. The van der Waals surface area contributed by atoms with E-state index < -0.39 is 11.9 Å². The number of halogens is 1. The Labute approximate surface area is 146 Å². The third-order valence-electron chi connectivity index (χ3n) is 3.24. The molecule has 1 amide bonds. The summed E-state index contributed by atoms with van der Waals surface area (Å²) < 4.78 is 19.1. The van der Waals surface area contributed by atoms with Crippen LogP contribution in [0.5, 0.6) is 0 Å². The van der Waals surface area contributed by atoms with Crippen LogP contribution in [0.4, 0.5) is 4.39 Å². The van der Waals surface area contributed by atoms with E-state index in [1.165, 1.54) is 47.4 Å². The van der Waals surface area contributed by atoms with Gasteiger partial charge in [-0.15, -0.1) is 16.4 Å². The molecular weight excluding hydrogens is 347 g/mol. The maximum absolute atomic E-state index is 13.2. The molecule has 0 saturated carbocycles. The van der Waals surface area contributed by atoms with Crippen LogP contribution >= 0.6 is 11.3 Å². The molecule has 3 aromatic rings. The van der Waals surface area contributed by atoms with Gasteiger partial charge in [0.15, 0.2) is 5.82 Å².